The van der Waals surface area contributed by atoms with E-state index in [2.05, 4.69) is 10.6 Å². The Balaban J connectivity index is 4.09. The summed E-state index contributed by atoms with van der Waals surface area (Å²) < 4.78 is 30.8. The average Bonchev–Trinajstić information content (AvgIpc) is 2.15. The van der Waals surface area contributed by atoms with E-state index in [1.165, 1.54) is 0 Å². The van der Waals surface area contributed by atoms with Crippen molar-refractivity contribution in [1.29, 1.82) is 0 Å². The molecule has 0 radical (unpaired) electrons. The van der Waals surface area contributed by atoms with E-state index in [1.54, 1.807) is 0 Å². The molecule has 0 aliphatic rings. The molecule has 5 heteroatoms. The van der Waals surface area contributed by atoms with Crippen molar-refractivity contribution in [2.45, 2.75) is 45.8 Å². The first-order chi connectivity index (χ1) is 7.41. The van der Waals surface area contributed by atoms with Crippen molar-refractivity contribution < 1.29 is 13.2 Å². The van der Waals surface area contributed by atoms with Gasteiger partial charge in [-0.3, -0.25) is 0 Å². The van der Waals surface area contributed by atoms with Gasteiger partial charge >= 0.3 is 0 Å². The van der Waals surface area contributed by atoms with E-state index >= 15 is 0 Å². The average molecular weight is 247 g/mol. The Kier molecular flexibility index (Phi) is 7.39. The second kappa shape index (κ2) is 7.66. The molecule has 0 rings (SSSR count). The molecule has 0 aromatic rings. The van der Waals surface area contributed by atoms with Crippen molar-refractivity contribution >= 4 is 10.0 Å². The molecule has 1 unspecified atom stereocenters. The van der Waals surface area contributed by atoms with Crippen molar-refractivity contribution in [3.8, 4) is 12.3 Å². The molecular weight excluding hydrogens is 226 g/mol. The second-order valence-corrected chi connectivity index (χ2v) is 5.74. The van der Waals surface area contributed by atoms with Crippen molar-refractivity contribution in [3.05, 3.63) is 0 Å². The van der Waals surface area contributed by atoms with Gasteiger partial charge in [-0.2, -0.15) is 0 Å². The van der Waals surface area contributed by atoms with Crippen LogP contribution in [0.25, 0.3) is 0 Å². The molecule has 1 atom stereocenters. The molecule has 1 N–H and O–H groups in total. The van der Waals surface area contributed by atoms with E-state index in [0.717, 1.165) is 6.42 Å². The molecule has 0 aromatic carbocycles. The molecule has 0 bridgehead atoms. The molecule has 0 saturated heterocycles. The van der Waals surface area contributed by atoms with Gasteiger partial charge in [-0.1, -0.05) is 19.3 Å². The maximum absolute atomic E-state index is 11.6. The van der Waals surface area contributed by atoms with E-state index in [1.807, 2.05) is 20.8 Å². The first kappa shape index (κ1) is 15.4. The van der Waals surface area contributed by atoms with Gasteiger partial charge in [-0.25, -0.2) is 13.1 Å². The summed E-state index contributed by atoms with van der Waals surface area (Å²) in [5, 5.41) is 0. The normalized spacial score (nSPS) is 13.7. The van der Waals surface area contributed by atoms with Crippen molar-refractivity contribution in [2.75, 3.05) is 12.4 Å². The van der Waals surface area contributed by atoms with E-state index in [4.69, 9.17) is 11.2 Å². The third kappa shape index (κ3) is 7.69. The van der Waals surface area contributed by atoms with Gasteiger partial charge < -0.3 is 4.74 Å². The van der Waals surface area contributed by atoms with E-state index < -0.39 is 16.1 Å². The maximum Gasteiger partial charge on any atom is 0.214 e. The number of ether oxygens (including phenoxy) is 1. The molecule has 94 valence electrons. The fraction of sp³-hybridized carbons (Fsp3) is 0.818. The lowest BCUT2D eigenvalue weighted by molar-refractivity contribution is 0.0911. The van der Waals surface area contributed by atoms with Gasteiger partial charge in [-0.05, 0) is 20.3 Å². The lowest BCUT2D eigenvalue weighted by Crippen LogP contribution is -2.36. The van der Waals surface area contributed by atoms with Gasteiger partial charge in [0.05, 0.1) is 24.5 Å². The molecule has 16 heavy (non-hydrogen) atoms. The third-order valence-corrected chi connectivity index (χ3v) is 3.25. The Hall–Kier alpha value is -0.570. The van der Waals surface area contributed by atoms with Crippen molar-refractivity contribution in [2.24, 2.45) is 0 Å². The molecule has 0 amide bonds. The van der Waals surface area contributed by atoms with Crippen LogP contribution in [0.2, 0.25) is 0 Å². The third-order valence-electron chi connectivity index (χ3n) is 1.90. The van der Waals surface area contributed by atoms with Crippen LogP contribution < -0.4 is 4.72 Å². The fourth-order valence-electron chi connectivity index (χ4n) is 1.13. The van der Waals surface area contributed by atoms with E-state index in [0.29, 0.717) is 6.42 Å². The van der Waals surface area contributed by atoms with E-state index in [-0.39, 0.29) is 18.5 Å². The highest BCUT2D eigenvalue weighted by atomic mass is 32.2. The number of nitrogens with one attached hydrogen (secondary N) is 1. The zero-order valence-electron chi connectivity index (χ0n) is 10.2. The molecule has 0 saturated carbocycles. The lowest BCUT2D eigenvalue weighted by Gasteiger charge is -2.13. The van der Waals surface area contributed by atoms with Gasteiger partial charge in [0.2, 0.25) is 10.0 Å². The quantitative estimate of drug-likeness (QED) is 0.654. The molecule has 0 spiro atoms. The van der Waals surface area contributed by atoms with Crippen molar-refractivity contribution in [1.82, 2.24) is 4.72 Å². The van der Waals surface area contributed by atoms with Gasteiger partial charge in [0.15, 0.2) is 0 Å². The zero-order valence-corrected chi connectivity index (χ0v) is 11.0. The summed E-state index contributed by atoms with van der Waals surface area (Å²) in [5.74, 6) is 2.38. The summed E-state index contributed by atoms with van der Waals surface area (Å²) >= 11 is 0. The predicted octanol–water partition coefficient (Wildman–Crippen LogP) is 1.13. The standard InChI is InChI=1S/C11H21NO3S/c1-5-7-11(6-2)12-16(13,14)9-8-15-10(3)4/h2,10-12H,5,7-9H2,1,3-4H3. The number of hydrogen-bond donors (Lipinski definition) is 1. The maximum atomic E-state index is 11.6. The van der Waals surface area contributed by atoms with Crippen LogP contribution in [0, 0.1) is 12.3 Å². The summed E-state index contributed by atoms with van der Waals surface area (Å²) in [6.45, 7) is 5.87. The summed E-state index contributed by atoms with van der Waals surface area (Å²) in [6.07, 6.45) is 6.77. The highest BCUT2D eigenvalue weighted by Gasteiger charge is 2.15. The van der Waals surface area contributed by atoms with Crippen LogP contribution in [-0.4, -0.2) is 32.9 Å². The Morgan fingerprint density at radius 2 is 2.06 bits per heavy atom. The Morgan fingerprint density at radius 1 is 1.44 bits per heavy atom. The van der Waals surface area contributed by atoms with Gasteiger partial charge in [0.25, 0.3) is 0 Å². The van der Waals surface area contributed by atoms with Gasteiger partial charge in [0, 0.05) is 0 Å². The lowest BCUT2D eigenvalue weighted by atomic mass is 10.2. The Morgan fingerprint density at radius 3 is 2.50 bits per heavy atom. The smallest absolute Gasteiger partial charge is 0.214 e. The first-order valence-corrected chi connectivity index (χ1v) is 7.14. The van der Waals surface area contributed by atoms with Crippen molar-refractivity contribution in [3.63, 3.8) is 0 Å². The fourth-order valence-corrected chi connectivity index (χ4v) is 2.19. The largest absolute Gasteiger partial charge is 0.378 e. The number of rotatable bonds is 8. The molecular formula is C11H21NO3S. The van der Waals surface area contributed by atoms with Crippen LogP contribution in [0.4, 0.5) is 0 Å². The number of terminal acetylenes is 1. The molecule has 0 fully saturated rings. The van der Waals surface area contributed by atoms with Gasteiger partial charge in [0.1, 0.15) is 0 Å². The van der Waals surface area contributed by atoms with Crippen LogP contribution in [0.5, 0.6) is 0 Å². The summed E-state index contributed by atoms with van der Waals surface area (Å²) in [6, 6.07) is -0.408. The number of hydrogen-bond acceptors (Lipinski definition) is 3. The van der Waals surface area contributed by atoms with Crippen LogP contribution in [0.1, 0.15) is 33.6 Å². The summed E-state index contributed by atoms with van der Waals surface area (Å²) in [5.41, 5.74) is 0. The molecule has 0 heterocycles. The molecule has 0 aliphatic carbocycles. The SMILES string of the molecule is C#CC(CCC)NS(=O)(=O)CCOC(C)C. The van der Waals surface area contributed by atoms with Crippen LogP contribution in [-0.2, 0) is 14.8 Å². The second-order valence-electron chi connectivity index (χ2n) is 3.86. The van der Waals surface area contributed by atoms with Crippen LogP contribution in [0.15, 0.2) is 0 Å². The Bertz CT molecular complexity index is 317. The monoisotopic (exact) mass is 247 g/mol. The molecule has 4 nitrogen and oxygen atoms in total. The first-order valence-electron chi connectivity index (χ1n) is 5.49. The molecule has 0 aromatic heterocycles. The summed E-state index contributed by atoms with van der Waals surface area (Å²) in [4.78, 5) is 0. The minimum atomic E-state index is -3.33. The minimum absolute atomic E-state index is 0.0364. The predicted molar refractivity (Wildman–Crippen MR) is 65.5 cm³/mol. The number of sulfonamides is 1. The molecule has 0 aliphatic heterocycles. The minimum Gasteiger partial charge on any atom is -0.378 e. The van der Waals surface area contributed by atoms with Crippen LogP contribution in [0.3, 0.4) is 0 Å². The van der Waals surface area contributed by atoms with Gasteiger partial charge in [-0.15, -0.1) is 6.42 Å². The van der Waals surface area contributed by atoms with E-state index in [9.17, 15) is 8.42 Å². The topological polar surface area (TPSA) is 55.4 Å². The summed E-state index contributed by atoms with van der Waals surface area (Å²) in [7, 11) is -3.33. The van der Waals surface area contributed by atoms with Crippen LogP contribution >= 0.6 is 0 Å². The Labute approximate surface area is 98.8 Å². The zero-order chi connectivity index (χ0) is 12.6. The highest BCUT2D eigenvalue weighted by molar-refractivity contribution is 7.89. The highest BCUT2D eigenvalue weighted by Crippen LogP contribution is 1.98.